The second kappa shape index (κ2) is 7.82. The number of nitrogens with one attached hydrogen (secondary N) is 2. The second-order valence-electron chi connectivity index (χ2n) is 6.72. The lowest BCUT2D eigenvalue weighted by molar-refractivity contribution is -0.122. The van der Waals surface area contributed by atoms with Crippen molar-refractivity contribution in [3.63, 3.8) is 0 Å². The summed E-state index contributed by atoms with van der Waals surface area (Å²) in [5, 5.41) is 4.84. The molecule has 0 spiro atoms. The van der Waals surface area contributed by atoms with Crippen LogP contribution in [0.1, 0.15) is 40.2 Å². The molecule has 0 aliphatic carbocycles. The van der Waals surface area contributed by atoms with Gasteiger partial charge in [0.25, 0.3) is 5.91 Å². The summed E-state index contributed by atoms with van der Waals surface area (Å²) in [5.41, 5.74) is 1.27. The molecule has 0 atom stereocenters. The normalized spacial score (nSPS) is 11.2. The Hall–Kier alpha value is -2.04. The number of hydrogen-bond acceptors (Lipinski definition) is 3. The van der Waals surface area contributed by atoms with Crippen LogP contribution in [0.2, 0.25) is 0 Å². The van der Waals surface area contributed by atoms with Crippen LogP contribution in [0.5, 0.6) is 5.75 Å². The van der Waals surface area contributed by atoms with E-state index in [2.05, 4.69) is 31.4 Å². The lowest BCUT2D eigenvalue weighted by atomic mass is 9.87. The molecule has 22 heavy (non-hydrogen) atoms. The summed E-state index contributed by atoms with van der Waals surface area (Å²) in [4.78, 5) is 23.0. The smallest absolute Gasteiger partial charge is 0.321 e. The zero-order valence-electron chi connectivity index (χ0n) is 14.0. The predicted octanol–water partition coefficient (Wildman–Crippen LogP) is 2.84. The number of benzene rings is 1. The van der Waals surface area contributed by atoms with Gasteiger partial charge in [0.15, 0.2) is 6.61 Å². The highest BCUT2D eigenvalue weighted by molar-refractivity contribution is 5.94. The lowest BCUT2D eigenvalue weighted by Gasteiger charge is -2.19. The molecule has 0 fully saturated rings. The van der Waals surface area contributed by atoms with Gasteiger partial charge >= 0.3 is 6.03 Å². The van der Waals surface area contributed by atoms with Crippen LogP contribution in [0.15, 0.2) is 24.3 Å². The first-order valence-electron chi connectivity index (χ1n) is 7.49. The molecule has 0 bridgehead atoms. The molecule has 0 radical (unpaired) electrons. The van der Waals surface area contributed by atoms with Gasteiger partial charge in [-0.15, -0.1) is 0 Å². The molecule has 1 rings (SSSR count). The SMILES string of the molecule is CC(C)CNC(=O)NC(=O)COc1ccc(C(C)(C)C)cc1. The minimum Gasteiger partial charge on any atom is -0.484 e. The van der Waals surface area contributed by atoms with Crippen LogP contribution in [0.25, 0.3) is 0 Å². The molecule has 1 aromatic carbocycles. The number of carbonyl (C=O) groups is 2. The number of imide groups is 1. The van der Waals surface area contributed by atoms with Gasteiger partial charge in [-0.2, -0.15) is 0 Å². The van der Waals surface area contributed by atoms with Crippen molar-refractivity contribution in [3.8, 4) is 5.75 Å². The minimum absolute atomic E-state index is 0.0738. The quantitative estimate of drug-likeness (QED) is 0.879. The number of hydrogen-bond donors (Lipinski definition) is 2. The zero-order chi connectivity index (χ0) is 16.8. The van der Waals surface area contributed by atoms with Crippen LogP contribution < -0.4 is 15.4 Å². The fourth-order valence-electron chi connectivity index (χ4n) is 1.70. The lowest BCUT2D eigenvalue weighted by Crippen LogP contribution is -2.42. The Bertz CT molecular complexity index is 502. The zero-order valence-corrected chi connectivity index (χ0v) is 14.0. The molecule has 5 nitrogen and oxygen atoms in total. The van der Waals surface area contributed by atoms with Crippen molar-refractivity contribution in [2.45, 2.75) is 40.0 Å². The molecule has 0 saturated carbocycles. The largest absolute Gasteiger partial charge is 0.484 e. The molecule has 0 heterocycles. The van der Waals surface area contributed by atoms with E-state index in [4.69, 9.17) is 4.74 Å². The van der Waals surface area contributed by atoms with Crippen molar-refractivity contribution in [3.05, 3.63) is 29.8 Å². The van der Waals surface area contributed by atoms with Gasteiger partial charge in [0, 0.05) is 6.54 Å². The average molecular weight is 306 g/mol. The first kappa shape index (κ1) is 18.0. The van der Waals surface area contributed by atoms with Gasteiger partial charge in [-0.05, 0) is 29.0 Å². The van der Waals surface area contributed by atoms with Crippen molar-refractivity contribution in [2.75, 3.05) is 13.2 Å². The molecular formula is C17H26N2O3. The number of amides is 3. The standard InChI is InChI=1S/C17H26N2O3/c1-12(2)10-18-16(21)19-15(20)11-22-14-8-6-13(7-9-14)17(3,4)5/h6-9,12H,10-11H2,1-5H3,(H2,18,19,20,21). The molecule has 0 unspecified atom stereocenters. The molecule has 1 aromatic rings. The molecule has 122 valence electrons. The van der Waals surface area contributed by atoms with Crippen LogP contribution in [0.4, 0.5) is 4.79 Å². The van der Waals surface area contributed by atoms with E-state index in [-0.39, 0.29) is 12.0 Å². The first-order valence-corrected chi connectivity index (χ1v) is 7.49. The van der Waals surface area contributed by atoms with Crippen LogP contribution in [-0.4, -0.2) is 25.1 Å². The van der Waals surface area contributed by atoms with E-state index >= 15 is 0 Å². The third kappa shape index (κ3) is 6.61. The Kier molecular flexibility index (Phi) is 6.40. The Labute approximate surface area is 132 Å². The fourth-order valence-corrected chi connectivity index (χ4v) is 1.70. The van der Waals surface area contributed by atoms with Crippen molar-refractivity contribution in [1.82, 2.24) is 10.6 Å². The summed E-state index contributed by atoms with van der Waals surface area (Å²) in [6.45, 7) is 10.7. The summed E-state index contributed by atoms with van der Waals surface area (Å²) < 4.78 is 5.37. The van der Waals surface area contributed by atoms with Crippen molar-refractivity contribution in [2.24, 2.45) is 5.92 Å². The number of urea groups is 1. The van der Waals surface area contributed by atoms with E-state index in [9.17, 15) is 9.59 Å². The van der Waals surface area contributed by atoms with Crippen LogP contribution >= 0.6 is 0 Å². The summed E-state index contributed by atoms with van der Waals surface area (Å²) in [6, 6.07) is 7.11. The highest BCUT2D eigenvalue weighted by atomic mass is 16.5. The van der Waals surface area contributed by atoms with E-state index in [1.54, 1.807) is 0 Å². The first-order chi connectivity index (χ1) is 10.2. The van der Waals surface area contributed by atoms with Gasteiger partial charge in [0.2, 0.25) is 0 Å². The molecule has 0 aliphatic rings. The Balaban J connectivity index is 2.39. The maximum absolute atomic E-state index is 11.6. The number of carbonyl (C=O) groups excluding carboxylic acids is 2. The van der Waals surface area contributed by atoms with Gasteiger partial charge in [-0.3, -0.25) is 10.1 Å². The second-order valence-corrected chi connectivity index (χ2v) is 6.72. The van der Waals surface area contributed by atoms with Gasteiger partial charge in [-0.1, -0.05) is 46.8 Å². The topological polar surface area (TPSA) is 67.4 Å². The van der Waals surface area contributed by atoms with E-state index in [0.29, 0.717) is 18.2 Å². The van der Waals surface area contributed by atoms with Gasteiger partial charge in [0.1, 0.15) is 5.75 Å². The van der Waals surface area contributed by atoms with E-state index in [1.807, 2.05) is 38.1 Å². The summed E-state index contributed by atoms with van der Waals surface area (Å²) >= 11 is 0. The molecule has 0 aromatic heterocycles. The van der Waals surface area contributed by atoms with Crippen molar-refractivity contribution in [1.29, 1.82) is 0 Å². The Morgan fingerprint density at radius 1 is 1.14 bits per heavy atom. The van der Waals surface area contributed by atoms with Crippen LogP contribution in [-0.2, 0) is 10.2 Å². The molecular weight excluding hydrogens is 280 g/mol. The molecule has 3 amide bonds. The van der Waals surface area contributed by atoms with Crippen LogP contribution in [0.3, 0.4) is 0 Å². The molecule has 0 aliphatic heterocycles. The van der Waals surface area contributed by atoms with Gasteiger partial charge < -0.3 is 10.1 Å². The van der Waals surface area contributed by atoms with Crippen LogP contribution in [0, 0.1) is 5.92 Å². The Morgan fingerprint density at radius 2 is 1.73 bits per heavy atom. The molecule has 5 heteroatoms. The van der Waals surface area contributed by atoms with E-state index in [0.717, 1.165) is 0 Å². The molecule has 0 saturated heterocycles. The van der Waals surface area contributed by atoms with E-state index < -0.39 is 11.9 Å². The highest BCUT2D eigenvalue weighted by Gasteiger charge is 2.13. The number of ether oxygens (including phenoxy) is 1. The third-order valence-corrected chi connectivity index (χ3v) is 3.01. The van der Waals surface area contributed by atoms with E-state index in [1.165, 1.54) is 5.56 Å². The predicted molar refractivity (Wildman–Crippen MR) is 87.0 cm³/mol. The average Bonchev–Trinajstić information content (AvgIpc) is 2.42. The minimum atomic E-state index is -0.495. The highest BCUT2D eigenvalue weighted by Crippen LogP contribution is 2.24. The van der Waals surface area contributed by atoms with Gasteiger partial charge in [-0.25, -0.2) is 4.79 Å². The van der Waals surface area contributed by atoms with Crippen molar-refractivity contribution < 1.29 is 14.3 Å². The maximum Gasteiger partial charge on any atom is 0.321 e. The fraction of sp³-hybridized carbons (Fsp3) is 0.529. The summed E-state index contributed by atoms with van der Waals surface area (Å²) in [7, 11) is 0. The summed E-state index contributed by atoms with van der Waals surface area (Å²) in [6.07, 6.45) is 0. The summed E-state index contributed by atoms with van der Waals surface area (Å²) in [5.74, 6) is 0.463. The monoisotopic (exact) mass is 306 g/mol. The maximum atomic E-state index is 11.6. The van der Waals surface area contributed by atoms with Crippen molar-refractivity contribution >= 4 is 11.9 Å². The third-order valence-electron chi connectivity index (χ3n) is 3.01. The molecule has 2 N–H and O–H groups in total. The Morgan fingerprint density at radius 3 is 2.23 bits per heavy atom. The number of rotatable bonds is 5. The van der Waals surface area contributed by atoms with Gasteiger partial charge in [0.05, 0.1) is 0 Å².